The summed E-state index contributed by atoms with van der Waals surface area (Å²) in [6.07, 6.45) is 9.58. The number of imidazole rings is 2. The SMILES string of the molecule is CC(C)COC(=O)c1ncn(-c2ccc(C#N)cc2-c2nc3cc(-c4cnc(N)nc4)ccc3n2C(C)(C)C)n1.COC(=O)c1ncn(-c2ccc(C#N)cc2-c2nc3cc(-c4cnc(N)nc4)ccc3n2C(C)(C)C)n1. The van der Waals surface area contributed by atoms with E-state index in [9.17, 15) is 20.1 Å². The Kier molecular flexibility index (Phi) is 13.8. The largest absolute Gasteiger partial charge is 0.463 e. The average molecular weight is 1030 g/mol. The molecule has 0 spiro atoms. The highest BCUT2D eigenvalue weighted by Gasteiger charge is 2.28. The fourth-order valence-corrected chi connectivity index (χ4v) is 8.53. The molecule has 10 rings (SSSR count). The summed E-state index contributed by atoms with van der Waals surface area (Å²) < 4.78 is 17.3. The number of fused-ring (bicyclic) bond motifs is 2. The van der Waals surface area contributed by atoms with Crippen LogP contribution in [0, 0.1) is 28.6 Å². The van der Waals surface area contributed by atoms with Gasteiger partial charge in [0.2, 0.25) is 11.9 Å². The molecule has 22 heteroatoms. The number of hydrogen-bond donors (Lipinski definition) is 2. The van der Waals surface area contributed by atoms with Gasteiger partial charge in [-0.15, -0.1) is 10.2 Å². The van der Waals surface area contributed by atoms with Gasteiger partial charge in [0.25, 0.3) is 11.6 Å². The molecule has 0 saturated carbocycles. The lowest BCUT2D eigenvalue weighted by Gasteiger charge is -2.25. The van der Waals surface area contributed by atoms with Crippen LogP contribution in [0.2, 0.25) is 0 Å². The van der Waals surface area contributed by atoms with Crippen LogP contribution in [-0.4, -0.2) is 94.2 Å². The molecule has 0 aliphatic rings. The molecule has 0 amide bonds. The molecule has 386 valence electrons. The first-order valence-corrected chi connectivity index (χ1v) is 24.1. The van der Waals surface area contributed by atoms with Crippen LogP contribution in [0.4, 0.5) is 11.9 Å². The molecule has 0 atom stereocenters. The summed E-state index contributed by atoms with van der Waals surface area (Å²) in [4.78, 5) is 59.1. The van der Waals surface area contributed by atoms with Gasteiger partial charge < -0.3 is 30.1 Å². The van der Waals surface area contributed by atoms with Gasteiger partial charge in [-0.3, -0.25) is 0 Å². The number of methoxy groups -OCH3 is 1. The molecule has 0 aliphatic heterocycles. The number of rotatable bonds is 10. The zero-order valence-corrected chi connectivity index (χ0v) is 43.6. The van der Waals surface area contributed by atoms with E-state index in [0.717, 1.165) is 44.3 Å². The molecule has 0 fully saturated rings. The molecule has 77 heavy (non-hydrogen) atoms. The van der Waals surface area contributed by atoms with Crippen molar-refractivity contribution in [2.24, 2.45) is 5.92 Å². The Morgan fingerprint density at radius 2 is 1.00 bits per heavy atom. The Balaban J connectivity index is 0.000000188. The summed E-state index contributed by atoms with van der Waals surface area (Å²) in [5.41, 5.74) is 20.8. The second-order valence-electron chi connectivity index (χ2n) is 20.1. The number of nitrogens with two attached hydrogens (primary N) is 2. The summed E-state index contributed by atoms with van der Waals surface area (Å²) in [5, 5.41) is 28.0. The van der Waals surface area contributed by atoms with Crippen molar-refractivity contribution in [3.63, 3.8) is 0 Å². The van der Waals surface area contributed by atoms with Gasteiger partial charge in [-0.25, -0.2) is 58.8 Å². The van der Waals surface area contributed by atoms with Crippen LogP contribution in [-0.2, 0) is 20.6 Å². The van der Waals surface area contributed by atoms with Crippen LogP contribution in [0.15, 0.2) is 110 Å². The predicted octanol–water partition coefficient (Wildman–Crippen LogP) is 8.50. The molecular weight excluding hydrogens is 977 g/mol. The molecule has 6 aromatic heterocycles. The van der Waals surface area contributed by atoms with Crippen molar-refractivity contribution in [3.05, 3.63) is 133 Å². The molecule has 10 aromatic rings. The Labute approximate surface area is 441 Å². The third-order valence-corrected chi connectivity index (χ3v) is 12.0. The van der Waals surface area contributed by atoms with E-state index < -0.39 is 11.9 Å². The molecule has 0 radical (unpaired) electrons. The maximum atomic E-state index is 12.5. The summed E-state index contributed by atoms with van der Waals surface area (Å²) >= 11 is 0. The Morgan fingerprint density at radius 3 is 1.38 bits per heavy atom. The highest BCUT2D eigenvalue weighted by atomic mass is 16.5. The van der Waals surface area contributed by atoms with Gasteiger partial charge in [-0.05, 0) is 119 Å². The molecule has 4 N–H and O–H groups in total. The van der Waals surface area contributed by atoms with E-state index in [1.807, 2.05) is 50.2 Å². The number of nitrogen functional groups attached to an aromatic ring is 2. The number of aromatic nitrogens is 14. The van der Waals surface area contributed by atoms with E-state index in [1.165, 1.54) is 29.1 Å². The molecule has 22 nitrogen and oxygen atoms in total. The van der Waals surface area contributed by atoms with Gasteiger partial charge in [-0.1, -0.05) is 26.0 Å². The standard InChI is InChI=1S/C29H29N9O2.C26H23N9O2/c1-17(2)15-40-27(39)25-34-16-37(36-25)23-8-6-18(12-30)10-21(23)26-35-22-11-19(20-13-32-28(31)33-14-20)7-9-24(22)38(26)29(3,4)5;1-26(2,3)35-21-8-6-16(17-12-29-25(28)30-13-17)10-19(21)32-23(35)18-9-15(11-27)5-7-20(18)34-14-31-22(33-34)24(36)37-4/h6-11,13-14,16-17H,15H2,1-5H3,(H2,31,32,33);5-10,12-14H,1-4H3,(H2,28,29,30). The summed E-state index contributed by atoms with van der Waals surface area (Å²) in [6, 6.07) is 26.8. The van der Waals surface area contributed by atoms with Crippen molar-refractivity contribution in [1.29, 1.82) is 10.5 Å². The minimum Gasteiger partial charge on any atom is -0.463 e. The normalized spacial score (nSPS) is 11.5. The maximum Gasteiger partial charge on any atom is 0.378 e. The number of carbonyl (C=O) groups is 2. The number of esters is 2. The summed E-state index contributed by atoms with van der Waals surface area (Å²) in [6.45, 7) is 16.7. The topological polar surface area (TPSA) is 301 Å². The van der Waals surface area contributed by atoms with Crippen LogP contribution < -0.4 is 11.5 Å². The molecular formula is C55H52N18O4. The zero-order chi connectivity index (χ0) is 54.9. The van der Waals surface area contributed by atoms with Crippen molar-refractivity contribution in [2.45, 2.75) is 66.5 Å². The monoisotopic (exact) mass is 1030 g/mol. The smallest absolute Gasteiger partial charge is 0.378 e. The van der Waals surface area contributed by atoms with Crippen molar-refractivity contribution in [2.75, 3.05) is 25.2 Å². The van der Waals surface area contributed by atoms with E-state index in [2.05, 4.69) is 103 Å². The van der Waals surface area contributed by atoms with Gasteiger partial charge in [0, 0.05) is 58.1 Å². The van der Waals surface area contributed by atoms with Crippen LogP contribution >= 0.6 is 0 Å². The van der Waals surface area contributed by atoms with Crippen LogP contribution in [0.3, 0.4) is 0 Å². The lowest BCUT2D eigenvalue weighted by Crippen LogP contribution is -2.23. The van der Waals surface area contributed by atoms with Crippen LogP contribution in [0.25, 0.3) is 78.5 Å². The number of hydrogen-bond acceptors (Lipinski definition) is 18. The fraction of sp³-hybridized carbons (Fsp3) is 0.236. The maximum absolute atomic E-state index is 12.5. The Hall–Kier alpha value is -10.2. The third kappa shape index (κ3) is 10.6. The molecule has 6 heterocycles. The molecule has 0 aliphatic carbocycles. The van der Waals surface area contributed by atoms with E-state index in [4.69, 9.17) is 30.9 Å². The van der Waals surface area contributed by atoms with Gasteiger partial charge in [0.1, 0.15) is 24.3 Å². The third-order valence-electron chi connectivity index (χ3n) is 12.0. The molecule has 0 unspecified atom stereocenters. The summed E-state index contributed by atoms with van der Waals surface area (Å²) in [7, 11) is 1.27. The van der Waals surface area contributed by atoms with Gasteiger partial charge in [0.15, 0.2) is 0 Å². The van der Waals surface area contributed by atoms with E-state index in [1.54, 1.807) is 61.2 Å². The Morgan fingerprint density at radius 1 is 0.584 bits per heavy atom. The van der Waals surface area contributed by atoms with Crippen LogP contribution in [0.5, 0.6) is 0 Å². The average Bonchev–Trinajstić information content (AvgIpc) is 4.32. The first kappa shape index (κ1) is 51.7. The van der Waals surface area contributed by atoms with Crippen molar-refractivity contribution >= 4 is 45.9 Å². The molecule has 0 bridgehead atoms. The number of carbonyl (C=O) groups excluding carboxylic acids is 2. The number of ether oxygens (including phenoxy) is 2. The number of benzene rings is 4. The van der Waals surface area contributed by atoms with E-state index >= 15 is 0 Å². The van der Waals surface area contributed by atoms with Gasteiger partial charge in [0.05, 0.1) is 70.4 Å². The van der Waals surface area contributed by atoms with Gasteiger partial charge in [-0.2, -0.15) is 10.5 Å². The number of nitriles is 2. The highest BCUT2D eigenvalue weighted by molar-refractivity contribution is 5.89. The van der Waals surface area contributed by atoms with E-state index in [-0.39, 0.29) is 47.1 Å². The lowest BCUT2D eigenvalue weighted by atomic mass is 10.0. The quantitative estimate of drug-likeness (QED) is 0.121. The zero-order valence-electron chi connectivity index (χ0n) is 43.6. The fourth-order valence-electron chi connectivity index (χ4n) is 8.53. The minimum atomic E-state index is -0.643. The second-order valence-corrected chi connectivity index (χ2v) is 20.1. The number of nitrogens with zero attached hydrogens (tertiary/aromatic N) is 16. The Bertz CT molecular complexity index is 3950. The van der Waals surface area contributed by atoms with Crippen molar-refractivity contribution in [3.8, 4) is 68.5 Å². The lowest BCUT2D eigenvalue weighted by molar-refractivity contribution is 0.0444. The first-order chi connectivity index (χ1) is 36.7. The van der Waals surface area contributed by atoms with E-state index in [0.29, 0.717) is 45.3 Å². The van der Waals surface area contributed by atoms with Gasteiger partial charge >= 0.3 is 11.9 Å². The minimum absolute atomic E-state index is 0.0457. The molecule has 0 saturated heterocycles. The second kappa shape index (κ2) is 20.6. The summed E-state index contributed by atoms with van der Waals surface area (Å²) in [5.74, 6) is 0.521. The predicted molar refractivity (Wildman–Crippen MR) is 287 cm³/mol. The van der Waals surface area contributed by atoms with Crippen molar-refractivity contribution < 1.29 is 19.1 Å². The van der Waals surface area contributed by atoms with Crippen molar-refractivity contribution in [1.82, 2.24) is 68.6 Å². The van der Waals surface area contributed by atoms with Crippen LogP contribution in [0.1, 0.15) is 87.8 Å². The first-order valence-electron chi connectivity index (χ1n) is 24.1. The highest BCUT2D eigenvalue weighted by Crippen LogP contribution is 2.38. The molecule has 4 aromatic carbocycles. The number of anilines is 2.